The largest absolute Gasteiger partial charge is 0.416 e. The van der Waals surface area contributed by atoms with Gasteiger partial charge in [0.2, 0.25) is 5.89 Å². The van der Waals surface area contributed by atoms with E-state index < -0.39 is 17.8 Å². The molecular weight excluding hydrogens is 375 g/mol. The molecular formula is C18H24F3N5O2. The molecule has 10 heteroatoms. The molecule has 2 N–H and O–H groups in total. The molecule has 1 aromatic heterocycles. The molecule has 154 valence electrons. The maximum Gasteiger partial charge on any atom is 0.416 e. The van der Waals surface area contributed by atoms with Crippen LogP contribution in [0.4, 0.5) is 13.2 Å². The van der Waals surface area contributed by atoms with Crippen LogP contribution in [0.3, 0.4) is 0 Å². The molecule has 0 spiro atoms. The first-order valence-electron chi connectivity index (χ1n) is 8.83. The highest BCUT2D eigenvalue weighted by Crippen LogP contribution is 2.30. The Morgan fingerprint density at radius 3 is 2.71 bits per heavy atom. The Bertz CT molecular complexity index is 792. The number of ether oxygens (including phenoxy) is 1. The third kappa shape index (κ3) is 5.95. The van der Waals surface area contributed by atoms with Crippen molar-refractivity contribution in [3.63, 3.8) is 0 Å². The van der Waals surface area contributed by atoms with Crippen molar-refractivity contribution in [1.29, 1.82) is 0 Å². The summed E-state index contributed by atoms with van der Waals surface area (Å²) in [5.41, 5.74) is -0.202. The van der Waals surface area contributed by atoms with Gasteiger partial charge in [0.25, 0.3) is 0 Å². The molecule has 2 aromatic rings. The number of rotatable bonds is 7. The molecule has 0 saturated carbocycles. The predicted octanol–water partition coefficient (Wildman–Crippen LogP) is 3.61. The molecule has 2 rings (SSSR count). The van der Waals surface area contributed by atoms with Gasteiger partial charge in [-0.15, -0.1) is 0 Å². The van der Waals surface area contributed by atoms with Crippen LogP contribution in [0.25, 0.3) is 0 Å². The second-order valence-corrected chi connectivity index (χ2v) is 6.06. The maximum atomic E-state index is 12.9. The van der Waals surface area contributed by atoms with Gasteiger partial charge < -0.3 is 19.9 Å². The van der Waals surface area contributed by atoms with E-state index in [1.54, 1.807) is 20.0 Å². The van der Waals surface area contributed by atoms with Crippen molar-refractivity contribution in [2.24, 2.45) is 4.99 Å². The molecule has 0 amide bonds. The number of guanidine groups is 1. The Labute approximate surface area is 161 Å². The third-order valence-electron chi connectivity index (χ3n) is 3.96. The van der Waals surface area contributed by atoms with Crippen LogP contribution in [0.1, 0.15) is 55.8 Å². The van der Waals surface area contributed by atoms with E-state index in [1.807, 2.05) is 13.8 Å². The Morgan fingerprint density at radius 1 is 1.32 bits per heavy atom. The lowest BCUT2D eigenvalue weighted by Crippen LogP contribution is -2.38. The van der Waals surface area contributed by atoms with Crippen molar-refractivity contribution >= 4 is 5.96 Å². The van der Waals surface area contributed by atoms with E-state index in [1.165, 1.54) is 6.07 Å². The summed E-state index contributed by atoms with van der Waals surface area (Å²) in [6.45, 7) is 6.19. The topological polar surface area (TPSA) is 84.6 Å². The molecule has 2 unspecified atom stereocenters. The van der Waals surface area contributed by atoms with E-state index in [0.717, 1.165) is 12.1 Å². The highest BCUT2D eigenvalue weighted by atomic mass is 19.4. The minimum absolute atomic E-state index is 0.209. The van der Waals surface area contributed by atoms with Crippen molar-refractivity contribution < 1.29 is 22.4 Å². The fourth-order valence-corrected chi connectivity index (χ4v) is 2.46. The van der Waals surface area contributed by atoms with Crippen LogP contribution >= 0.6 is 0 Å². The van der Waals surface area contributed by atoms with Crippen molar-refractivity contribution in [2.45, 2.75) is 45.6 Å². The van der Waals surface area contributed by atoms with Gasteiger partial charge in [-0.3, -0.25) is 4.99 Å². The summed E-state index contributed by atoms with van der Waals surface area (Å²) < 4.78 is 49.2. The molecule has 0 aliphatic rings. The minimum atomic E-state index is -4.38. The Morgan fingerprint density at radius 2 is 2.07 bits per heavy atom. The first-order valence-corrected chi connectivity index (χ1v) is 8.83. The number of benzene rings is 1. The smallest absolute Gasteiger partial charge is 0.371 e. The Kier molecular flexibility index (Phi) is 7.38. The molecule has 0 bridgehead atoms. The average Bonchev–Trinajstić information content (AvgIpc) is 3.13. The number of aliphatic imine (C=N–C) groups is 1. The average molecular weight is 399 g/mol. The third-order valence-corrected chi connectivity index (χ3v) is 3.96. The van der Waals surface area contributed by atoms with Crippen LogP contribution in [0, 0.1) is 0 Å². The van der Waals surface area contributed by atoms with Crippen molar-refractivity contribution in [2.75, 3.05) is 13.7 Å². The zero-order valence-corrected chi connectivity index (χ0v) is 16.2. The van der Waals surface area contributed by atoms with Crippen LogP contribution in [0.5, 0.6) is 0 Å². The zero-order valence-electron chi connectivity index (χ0n) is 16.2. The Balaban J connectivity index is 1.96. The predicted molar refractivity (Wildman–Crippen MR) is 97.5 cm³/mol. The molecule has 1 heterocycles. The van der Waals surface area contributed by atoms with Crippen LogP contribution < -0.4 is 10.6 Å². The number of hydrogen-bond donors (Lipinski definition) is 2. The molecule has 0 saturated heterocycles. The Hall–Kier alpha value is -2.62. The van der Waals surface area contributed by atoms with Crippen molar-refractivity contribution in [3.8, 4) is 0 Å². The number of alkyl halides is 3. The molecule has 0 aliphatic carbocycles. The van der Waals surface area contributed by atoms with E-state index in [4.69, 9.17) is 9.26 Å². The van der Waals surface area contributed by atoms with Crippen LogP contribution in [-0.4, -0.2) is 29.8 Å². The molecule has 0 radical (unpaired) electrons. The quantitative estimate of drug-likeness (QED) is 0.547. The number of hydrogen-bond acceptors (Lipinski definition) is 5. The normalized spacial score (nSPS) is 14.6. The van der Waals surface area contributed by atoms with Gasteiger partial charge in [-0.2, -0.15) is 18.2 Å². The van der Waals surface area contributed by atoms with Gasteiger partial charge in [0.1, 0.15) is 6.10 Å². The highest BCUT2D eigenvalue weighted by Gasteiger charge is 2.30. The van der Waals surface area contributed by atoms with Gasteiger partial charge in [-0.05, 0) is 38.5 Å². The number of nitrogens with zero attached hydrogens (tertiary/aromatic N) is 3. The van der Waals surface area contributed by atoms with Gasteiger partial charge in [-0.25, -0.2) is 0 Å². The summed E-state index contributed by atoms with van der Waals surface area (Å²) in [4.78, 5) is 8.31. The number of halogens is 3. The van der Waals surface area contributed by atoms with E-state index in [0.29, 0.717) is 29.8 Å². The summed E-state index contributed by atoms with van der Waals surface area (Å²) >= 11 is 0. The van der Waals surface area contributed by atoms with Crippen LogP contribution in [0.15, 0.2) is 33.8 Å². The van der Waals surface area contributed by atoms with E-state index >= 15 is 0 Å². The van der Waals surface area contributed by atoms with Gasteiger partial charge in [0.05, 0.1) is 18.2 Å². The first kappa shape index (κ1) is 21.7. The summed E-state index contributed by atoms with van der Waals surface area (Å²) in [6, 6.07) is 4.76. The summed E-state index contributed by atoms with van der Waals surface area (Å²) in [6.07, 6.45) is -4.66. The highest BCUT2D eigenvalue weighted by molar-refractivity contribution is 5.80. The van der Waals surface area contributed by atoms with Gasteiger partial charge >= 0.3 is 6.18 Å². The zero-order chi connectivity index (χ0) is 20.7. The summed E-state index contributed by atoms with van der Waals surface area (Å²) in [7, 11) is 1.56. The number of nitrogens with one attached hydrogen (secondary N) is 2. The molecule has 0 fully saturated rings. The first-order chi connectivity index (χ1) is 13.2. The van der Waals surface area contributed by atoms with Gasteiger partial charge in [0, 0.05) is 13.7 Å². The van der Waals surface area contributed by atoms with Crippen LogP contribution in [-0.2, 0) is 17.5 Å². The molecule has 28 heavy (non-hydrogen) atoms. The molecule has 1 aromatic carbocycles. The molecule has 2 atom stereocenters. The summed E-state index contributed by atoms with van der Waals surface area (Å²) in [5.74, 6) is 1.18. The second-order valence-electron chi connectivity index (χ2n) is 6.06. The van der Waals surface area contributed by atoms with E-state index in [9.17, 15) is 13.2 Å². The van der Waals surface area contributed by atoms with Gasteiger partial charge in [-0.1, -0.05) is 17.3 Å². The van der Waals surface area contributed by atoms with Crippen LogP contribution in [0.2, 0.25) is 0 Å². The fraction of sp³-hybridized carbons (Fsp3) is 0.500. The monoisotopic (exact) mass is 399 g/mol. The SMILES string of the molecule is CCOC(C)c1noc(CNC(=NC)NC(C)c2cccc(C(F)(F)F)c2)n1. The fourth-order valence-electron chi connectivity index (χ4n) is 2.46. The standard InChI is InChI=1S/C18H24F3N5O2/c1-5-27-12(3)16-25-15(28-26-16)10-23-17(22-4)24-11(2)13-7-6-8-14(9-13)18(19,20)21/h6-9,11-12H,5,10H2,1-4H3,(H2,22,23,24). The minimum Gasteiger partial charge on any atom is -0.371 e. The second kappa shape index (κ2) is 9.54. The van der Waals surface area contributed by atoms with Crippen molar-refractivity contribution in [1.82, 2.24) is 20.8 Å². The molecule has 7 nitrogen and oxygen atoms in total. The van der Waals surface area contributed by atoms with Crippen molar-refractivity contribution in [3.05, 3.63) is 47.1 Å². The van der Waals surface area contributed by atoms with Gasteiger partial charge in [0.15, 0.2) is 11.8 Å². The number of aromatic nitrogens is 2. The lowest BCUT2D eigenvalue weighted by Gasteiger charge is -2.18. The summed E-state index contributed by atoms with van der Waals surface area (Å²) in [5, 5.41) is 9.90. The lowest BCUT2D eigenvalue weighted by atomic mass is 10.1. The van der Waals surface area contributed by atoms with E-state index in [2.05, 4.69) is 25.8 Å². The maximum absolute atomic E-state index is 12.9. The lowest BCUT2D eigenvalue weighted by molar-refractivity contribution is -0.137. The van der Waals surface area contributed by atoms with E-state index in [-0.39, 0.29) is 12.6 Å². The molecule has 0 aliphatic heterocycles.